The molecule has 6 aromatic rings. The topological polar surface area (TPSA) is 160 Å². The first-order valence-corrected chi connectivity index (χ1v) is 24.2. The van der Waals surface area contributed by atoms with Gasteiger partial charge < -0.3 is 24.1 Å². The minimum atomic E-state index is -1.28. The van der Waals surface area contributed by atoms with Crippen LogP contribution in [0.15, 0.2) is 195 Å². The zero-order valence-corrected chi connectivity index (χ0v) is 42.3. The van der Waals surface area contributed by atoms with E-state index in [1.807, 2.05) is 147 Å². The number of hydrogen-bond acceptors (Lipinski definition) is 10. The fourth-order valence-electron chi connectivity index (χ4n) is 7.40. The van der Waals surface area contributed by atoms with E-state index in [0.29, 0.717) is 55.1 Å². The molecule has 6 aromatic carbocycles. The molecular weight excluding hydrogens is 965 g/mol. The zero-order valence-electron chi connectivity index (χ0n) is 40.7. The third-order valence-electron chi connectivity index (χ3n) is 10.6. The van der Waals surface area contributed by atoms with E-state index in [-0.39, 0.29) is 47.3 Å². The summed E-state index contributed by atoms with van der Waals surface area (Å²) >= 11 is 2.95. The Morgan fingerprint density at radius 1 is 0.521 bits per heavy atom. The highest BCUT2D eigenvalue weighted by molar-refractivity contribution is 9.18. The molecule has 71 heavy (non-hydrogen) atoms. The van der Waals surface area contributed by atoms with Crippen molar-refractivity contribution in [3.8, 4) is 0 Å². The maximum absolute atomic E-state index is 13.2. The minimum Gasteiger partial charge on any atom is -0.481 e. The summed E-state index contributed by atoms with van der Waals surface area (Å²) < 4.78 is 21.7. The van der Waals surface area contributed by atoms with Gasteiger partial charge in [-0.3, -0.25) is 24.0 Å². The number of ether oxygens (including phenoxy) is 4. The van der Waals surface area contributed by atoms with Crippen molar-refractivity contribution in [2.45, 2.75) is 70.7 Å². The Hall–Kier alpha value is -6.96. The Balaban J connectivity index is 0.000000265. The maximum Gasteiger partial charge on any atom is 0.330 e. The summed E-state index contributed by atoms with van der Waals surface area (Å²) in [5.74, 6) is -1.65. The van der Waals surface area contributed by atoms with Gasteiger partial charge in [0.05, 0.1) is 6.61 Å². The van der Waals surface area contributed by atoms with Crippen LogP contribution in [-0.4, -0.2) is 65.5 Å². The number of rotatable bonds is 23. The lowest BCUT2D eigenvalue weighted by Gasteiger charge is -2.32. The standard InChI is InChI=1S/C19H19BrO3.C19H20O4.C16H16O2.C5H8O2/c2*1-2-23-19(14-13-17(20)21,16-11-7-4-8-12-16)18(22)15-9-5-3-6-10-15;1-2-18-16(14-11-7-4-8-12-14)15(17)13-9-5-3-6-10-13;1-3-5(6)7-4-2/h3-12H,2,13-14H2,1H3;3-12H,2,13-14H2,1H3,(H,20,21);3-12,16H,2H2,1H3;3H,1,4H2,2H3. The molecule has 3 atom stereocenters. The van der Waals surface area contributed by atoms with E-state index in [1.54, 1.807) is 62.4 Å². The zero-order chi connectivity index (χ0) is 51.9. The number of esters is 1. The van der Waals surface area contributed by atoms with Crippen molar-refractivity contribution >= 4 is 49.9 Å². The first-order valence-electron chi connectivity index (χ1n) is 23.4. The predicted molar refractivity (Wildman–Crippen MR) is 279 cm³/mol. The lowest BCUT2D eigenvalue weighted by atomic mass is 9.82. The van der Waals surface area contributed by atoms with Crippen LogP contribution in [0.25, 0.3) is 0 Å². The summed E-state index contributed by atoms with van der Waals surface area (Å²) in [4.78, 5) is 71.4. The number of carbonyl (C=O) groups is 6. The van der Waals surface area contributed by atoms with Gasteiger partial charge in [0.1, 0.15) is 6.10 Å². The summed E-state index contributed by atoms with van der Waals surface area (Å²) in [5.41, 5.74) is 1.67. The molecular formula is C59H63BrO11. The Morgan fingerprint density at radius 2 is 0.887 bits per heavy atom. The van der Waals surface area contributed by atoms with Gasteiger partial charge in [-0.2, -0.15) is 0 Å². The number of carbonyl (C=O) groups excluding carboxylic acids is 5. The normalized spacial score (nSPS) is 12.4. The molecule has 0 amide bonds. The summed E-state index contributed by atoms with van der Waals surface area (Å²) in [6.45, 7) is 12.1. The molecule has 0 radical (unpaired) electrons. The van der Waals surface area contributed by atoms with Crippen molar-refractivity contribution < 1.29 is 52.8 Å². The van der Waals surface area contributed by atoms with E-state index in [0.717, 1.165) is 17.2 Å². The van der Waals surface area contributed by atoms with Gasteiger partial charge in [-0.15, -0.1) is 0 Å². The van der Waals surface area contributed by atoms with Crippen LogP contribution in [0.3, 0.4) is 0 Å². The highest BCUT2D eigenvalue weighted by atomic mass is 79.9. The smallest absolute Gasteiger partial charge is 0.330 e. The highest BCUT2D eigenvalue weighted by Gasteiger charge is 2.43. The van der Waals surface area contributed by atoms with Crippen molar-refractivity contribution in [2.24, 2.45) is 0 Å². The van der Waals surface area contributed by atoms with Gasteiger partial charge in [0, 0.05) is 55.4 Å². The summed E-state index contributed by atoms with van der Waals surface area (Å²) in [7, 11) is 0. The third-order valence-corrected chi connectivity index (χ3v) is 11.0. The number of Topliss-reactive ketones (excluding diaryl/α,β-unsaturated/α-hetero) is 3. The molecule has 0 saturated carbocycles. The number of halogens is 1. The number of benzene rings is 6. The van der Waals surface area contributed by atoms with Gasteiger partial charge in [-0.1, -0.05) is 189 Å². The van der Waals surface area contributed by atoms with Gasteiger partial charge >= 0.3 is 11.9 Å². The number of ketones is 3. The second kappa shape index (κ2) is 32.0. The lowest BCUT2D eigenvalue weighted by Crippen LogP contribution is -2.39. The van der Waals surface area contributed by atoms with Crippen molar-refractivity contribution in [3.05, 3.63) is 228 Å². The molecule has 0 aliphatic carbocycles. The lowest BCUT2D eigenvalue weighted by molar-refractivity contribution is -0.139. The third kappa shape index (κ3) is 18.4. The first-order chi connectivity index (χ1) is 34.3. The fourth-order valence-corrected chi connectivity index (χ4v) is 7.60. The molecule has 3 unspecified atom stereocenters. The molecule has 0 bridgehead atoms. The fraction of sp³-hybridized carbons (Fsp3) is 0.254. The van der Waals surface area contributed by atoms with Crippen LogP contribution in [0.2, 0.25) is 0 Å². The molecule has 0 aromatic heterocycles. The average Bonchev–Trinajstić information content (AvgIpc) is 3.41. The van der Waals surface area contributed by atoms with Crippen LogP contribution in [-0.2, 0) is 44.5 Å². The molecule has 1 N–H and O–H groups in total. The molecule has 0 saturated heterocycles. The largest absolute Gasteiger partial charge is 0.481 e. The molecule has 0 aliphatic rings. The van der Waals surface area contributed by atoms with Crippen LogP contribution in [0, 0.1) is 0 Å². The van der Waals surface area contributed by atoms with Gasteiger partial charge in [0.2, 0.25) is 0 Å². The number of carboxylic acid groups (broad SMARTS) is 1. The monoisotopic (exact) mass is 1030 g/mol. The molecule has 0 heterocycles. The SMILES string of the molecule is C=CC(=O)OCC.CCOC(C(=O)c1ccccc1)c1ccccc1.CCOC(CCC(=O)Br)(C(=O)c1ccccc1)c1ccccc1.CCOC(CCC(=O)O)(C(=O)c1ccccc1)c1ccccc1. The van der Waals surface area contributed by atoms with Gasteiger partial charge in [0.15, 0.2) is 33.2 Å². The number of carboxylic acids is 1. The van der Waals surface area contributed by atoms with E-state index < -0.39 is 23.3 Å². The summed E-state index contributed by atoms with van der Waals surface area (Å²) in [5, 5.41) is 9.08. The molecule has 0 spiro atoms. The summed E-state index contributed by atoms with van der Waals surface area (Å²) in [6.07, 6.45) is 1.08. The van der Waals surface area contributed by atoms with E-state index in [2.05, 4.69) is 27.2 Å². The Kier molecular flexibility index (Phi) is 26.3. The summed E-state index contributed by atoms with van der Waals surface area (Å²) in [6, 6.07) is 55.2. The second-order valence-electron chi connectivity index (χ2n) is 15.3. The maximum atomic E-state index is 13.2. The predicted octanol–water partition coefficient (Wildman–Crippen LogP) is 12.6. The van der Waals surface area contributed by atoms with E-state index >= 15 is 0 Å². The minimum absolute atomic E-state index is 0.00338. The van der Waals surface area contributed by atoms with Crippen LogP contribution < -0.4 is 0 Å². The quantitative estimate of drug-likeness (QED) is 0.0282. The van der Waals surface area contributed by atoms with E-state index in [1.165, 1.54) is 0 Å². The average molecular weight is 1030 g/mol. The van der Waals surface area contributed by atoms with Crippen LogP contribution >= 0.6 is 15.9 Å². The van der Waals surface area contributed by atoms with Crippen molar-refractivity contribution in [1.29, 1.82) is 0 Å². The van der Waals surface area contributed by atoms with Crippen molar-refractivity contribution in [3.63, 3.8) is 0 Å². The Labute approximate surface area is 426 Å². The molecule has 11 nitrogen and oxygen atoms in total. The first kappa shape index (κ1) is 58.4. The van der Waals surface area contributed by atoms with E-state index in [4.69, 9.17) is 19.3 Å². The molecule has 6 rings (SSSR count). The van der Waals surface area contributed by atoms with Crippen molar-refractivity contribution in [1.82, 2.24) is 0 Å². The van der Waals surface area contributed by atoms with Gasteiger partial charge in [-0.25, -0.2) is 4.79 Å². The highest BCUT2D eigenvalue weighted by Crippen LogP contribution is 2.37. The van der Waals surface area contributed by atoms with Crippen LogP contribution in [0.4, 0.5) is 0 Å². The van der Waals surface area contributed by atoms with E-state index in [9.17, 15) is 28.8 Å². The second-order valence-corrected chi connectivity index (χ2v) is 16.2. The molecule has 0 aliphatic heterocycles. The van der Waals surface area contributed by atoms with Crippen LogP contribution in [0.5, 0.6) is 0 Å². The Bertz CT molecular complexity index is 2410. The molecule has 372 valence electrons. The Morgan fingerprint density at radius 3 is 1.21 bits per heavy atom. The van der Waals surface area contributed by atoms with Gasteiger partial charge in [0.25, 0.3) is 0 Å². The van der Waals surface area contributed by atoms with Gasteiger partial charge in [-0.05, 0) is 73.2 Å². The molecule has 0 fully saturated rings. The number of hydrogen-bond donors (Lipinski definition) is 1. The number of aliphatic carboxylic acids is 1. The van der Waals surface area contributed by atoms with Crippen LogP contribution in [0.1, 0.15) is 107 Å². The molecule has 12 heteroatoms. The van der Waals surface area contributed by atoms with Crippen molar-refractivity contribution in [2.75, 3.05) is 26.4 Å².